The van der Waals surface area contributed by atoms with Gasteiger partial charge in [0.25, 0.3) is 0 Å². The highest BCUT2D eigenvalue weighted by molar-refractivity contribution is 5.88. The van der Waals surface area contributed by atoms with Crippen LogP contribution < -0.4 is 0 Å². The molecule has 3 rings (SSSR count). The van der Waals surface area contributed by atoms with Crippen molar-refractivity contribution in [3.63, 3.8) is 0 Å². The highest BCUT2D eigenvalue weighted by Crippen LogP contribution is 2.55. The van der Waals surface area contributed by atoms with Crippen LogP contribution in [0.3, 0.4) is 0 Å². The Balaban J connectivity index is 1.93. The molecule has 1 fully saturated rings. The number of carbonyl (C=O) groups excluding carboxylic acids is 1. The maximum atomic E-state index is 11.9. The average Bonchev–Trinajstić information content (AvgIpc) is 3.11. The van der Waals surface area contributed by atoms with Crippen molar-refractivity contribution in [2.24, 2.45) is 22.7 Å². The Hall–Kier alpha value is -1.76. The van der Waals surface area contributed by atoms with E-state index in [0.29, 0.717) is 6.61 Å². The smallest absolute Gasteiger partial charge is 0.248 e. The number of aliphatic imine (C=N–C) groups is 1. The molecule has 7 heteroatoms. The minimum atomic E-state index is -0.338. The van der Waals surface area contributed by atoms with Crippen LogP contribution in [0.2, 0.25) is 0 Å². The van der Waals surface area contributed by atoms with Crippen molar-refractivity contribution >= 4 is 12.2 Å². The van der Waals surface area contributed by atoms with E-state index >= 15 is 0 Å². The molecule has 0 aromatic heterocycles. The number of ether oxygens (including phenoxy) is 1. The van der Waals surface area contributed by atoms with Crippen LogP contribution in [0, 0.1) is 27.9 Å². The second kappa shape index (κ2) is 4.66. The fraction of sp³-hybridized carbons (Fsp3) is 0.692. The van der Waals surface area contributed by atoms with Crippen molar-refractivity contribution in [1.82, 2.24) is 4.90 Å². The summed E-state index contributed by atoms with van der Waals surface area (Å²) in [6.07, 6.45) is 3.29. The van der Waals surface area contributed by atoms with Gasteiger partial charge in [-0.3, -0.25) is 19.9 Å². The molecule has 1 heterocycles. The maximum Gasteiger partial charge on any atom is 0.248 e. The number of carbonyl (C=O) groups is 1. The fourth-order valence-electron chi connectivity index (χ4n) is 3.36. The second-order valence-corrected chi connectivity index (χ2v) is 5.50. The zero-order valence-corrected chi connectivity index (χ0v) is 11.4. The largest absolute Gasteiger partial charge is 0.377 e. The summed E-state index contributed by atoms with van der Waals surface area (Å²) in [5, 5.41) is 11.2. The summed E-state index contributed by atoms with van der Waals surface area (Å²) in [4.78, 5) is 28.6. The number of hydrogen-bond donors (Lipinski definition) is 0. The van der Waals surface area contributed by atoms with Gasteiger partial charge < -0.3 is 9.64 Å². The monoisotopic (exact) mass is 279 g/mol. The van der Waals surface area contributed by atoms with Crippen molar-refractivity contribution in [2.45, 2.75) is 25.5 Å². The van der Waals surface area contributed by atoms with Crippen LogP contribution in [0.4, 0.5) is 0 Å². The summed E-state index contributed by atoms with van der Waals surface area (Å²) in [6, 6.07) is -0.0888. The molecule has 1 saturated carbocycles. The standard InChI is InChI=1S/C13H17N3O4/c1-3-20-13-10-8(16(18)19)4-7-5-9(17)15(2)6-14-12(7)11(10)13/h4,6-7,10-13H,3,5H2,1-2H3/t7?,10?,11-,12?,13?/m1/s1. The molecule has 0 aromatic rings. The minimum absolute atomic E-state index is 0.0286. The Morgan fingerprint density at radius 2 is 2.35 bits per heavy atom. The Morgan fingerprint density at radius 3 is 3.00 bits per heavy atom. The van der Waals surface area contributed by atoms with Crippen molar-refractivity contribution < 1.29 is 14.5 Å². The first kappa shape index (κ1) is 13.2. The molecule has 20 heavy (non-hydrogen) atoms. The molecule has 1 amide bonds. The van der Waals surface area contributed by atoms with Crippen LogP contribution in [0.1, 0.15) is 13.3 Å². The zero-order chi connectivity index (χ0) is 14.4. The molecule has 5 atom stereocenters. The summed E-state index contributed by atoms with van der Waals surface area (Å²) in [6.45, 7) is 2.41. The summed E-state index contributed by atoms with van der Waals surface area (Å²) in [7, 11) is 1.66. The van der Waals surface area contributed by atoms with Gasteiger partial charge in [0.2, 0.25) is 11.6 Å². The molecule has 4 unspecified atom stereocenters. The molecular formula is C13H17N3O4. The highest BCUT2D eigenvalue weighted by Gasteiger charge is 2.65. The van der Waals surface area contributed by atoms with Gasteiger partial charge in [0.05, 0.1) is 29.3 Å². The quantitative estimate of drug-likeness (QED) is 0.562. The molecular weight excluding hydrogens is 262 g/mol. The molecule has 0 bridgehead atoms. The lowest BCUT2D eigenvalue weighted by Gasteiger charge is -2.21. The molecule has 0 aromatic carbocycles. The molecule has 0 spiro atoms. The molecule has 0 radical (unpaired) electrons. The lowest BCUT2D eigenvalue weighted by molar-refractivity contribution is -0.432. The lowest BCUT2D eigenvalue weighted by atomic mass is 9.86. The van der Waals surface area contributed by atoms with E-state index in [1.54, 1.807) is 13.1 Å². The Morgan fingerprint density at radius 1 is 1.60 bits per heavy atom. The molecule has 3 aliphatic rings. The van der Waals surface area contributed by atoms with Crippen LogP contribution in [0.15, 0.2) is 16.8 Å². The van der Waals surface area contributed by atoms with Gasteiger partial charge in [-0.25, -0.2) is 0 Å². The van der Waals surface area contributed by atoms with E-state index in [1.165, 1.54) is 11.2 Å². The topological polar surface area (TPSA) is 85.0 Å². The molecule has 0 N–H and O–H groups in total. The third-order valence-corrected chi connectivity index (χ3v) is 4.35. The summed E-state index contributed by atoms with van der Waals surface area (Å²) in [5.74, 6) is -0.411. The van der Waals surface area contributed by atoms with E-state index in [9.17, 15) is 14.9 Å². The maximum absolute atomic E-state index is 11.9. The van der Waals surface area contributed by atoms with Crippen LogP contribution in [-0.2, 0) is 9.53 Å². The number of fused-ring (bicyclic) bond motifs is 3. The average molecular weight is 279 g/mol. The number of hydrogen-bond acceptors (Lipinski definition) is 5. The summed E-state index contributed by atoms with van der Waals surface area (Å²) >= 11 is 0. The molecule has 108 valence electrons. The van der Waals surface area contributed by atoms with Crippen molar-refractivity contribution in [3.05, 3.63) is 21.9 Å². The third kappa shape index (κ3) is 1.93. The second-order valence-electron chi connectivity index (χ2n) is 5.50. The highest BCUT2D eigenvalue weighted by atomic mass is 16.6. The van der Waals surface area contributed by atoms with E-state index < -0.39 is 0 Å². The molecule has 2 aliphatic carbocycles. The Labute approximate surface area is 116 Å². The van der Waals surface area contributed by atoms with Crippen molar-refractivity contribution in [3.8, 4) is 0 Å². The predicted octanol–water partition coefficient (Wildman–Crippen LogP) is 0.687. The number of nitrogens with zero attached hydrogens (tertiary/aromatic N) is 3. The Bertz CT molecular complexity index is 516. The normalized spacial score (nSPS) is 38.7. The Kier molecular flexibility index (Phi) is 3.08. The van der Waals surface area contributed by atoms with Crippen molar-refractivity contribution in [2.75, 3.05) is 13.7 Å². The van der Waals surface area contributed by atoms with E-state index in [-0.39, 0.29) is 52.8 Å². The van der Waals surface area contributed by atoms with Crippen LogP contribution >= 0.6 is 0 Å². The minimum Gasteiger partial charge on any atom is -0.377 e. The van der Waals surface area contributed by atoms with E-state index in [4.69, 9.17) is 4.74 Å². The van der Waals surface area contributed by atoms with Gasteiger partial charge >= 0.3 is 0 Å². The first-order valence-corrected chi connectivity index (χ1v) is 6.81. The summed E-state index contributed by atoms with van der Waals surface area (Å²) < 4.78 is 5.61. The van der Waals surface area contributed by atoms with E-state index in [1.807, 2.05) is 6.92 Å². The van der Waals surface area contributed by atoms with Crippen molar-refractivity contribution in [1.29, 1.82) is 0 Å². The van der Waals surface area contributed by atoms with Crippen LogP contribution in [0.25, 0.3) is 0 Å². The molecule has 1 aliphatic heterocycles. The van der Waals surface area contributed by atoms with Gasteiger partial charge in [0.1, 0.15) is 0 Å². The third-order valence-electron chi connectivity index (χ3n) is 4.35. The van der Waals surface area contributed by atoms with Gasteiger partial charge in [-0.1, -0.05) is 0 Å². The number of amides is 1. The lowest BCUT2D eigenvalue weighted by Crippen LogP contribution is -2.28. The van der Waals surface area contributed by atoms with E-state index in [2.05, 4.69) is 4.99 Å². The van der Waals surface area contributed by atoms with Gasteiger partial charge in [-0.05, 0) is 13.0 Å². The first-order chi connectivity index (χ1) is 9.54. The zero-order valence-electron chi connectivity index (χ0n) is 11.4. The van der Waals surface area contributed by atoms with Crippen LogP contribution in [-0.4, -0.2) is 47.9 Å². The van der Waals surface area contributed by atoms with Gasteiger partial charge in [-0.2, -0.15) is 0 Å². The van der Waals surface area contributed by atoms with Crippen LogP contribution in [0.5, 0.6) is 0 Å². The number of rotatable bonds is 3. The first-order valence-electron chi connectivity index (χ1n) is 6.81. The number of nitro groups is 1. The van der Waals surface area contributed by atoms with Gasteiger partial charge in [0.15, 0.2) is 0 Å². The SMILES string of the molecule is CCOC1C2C([N+](=O)[O-])=CC3CC(=O)N(C)C=NC3[C@H]12. The molecule has 0 saturated heterocycles. The fourth-order valence-corrected chi connectivity index (χ4v) is 3.36. The van der Waals surface area contributed by atoms with E-state index in [0.717, 1.165) is 0 Å². The molecule has 7 nitrogen and oxygen atoms in total. The van der Waals surface area contributed by atoms with Gasteiger partial charge in [0, 0.05) is 31.9 Å². The summed E-state index contributed by atoms with van der Waals surface area (Å²) in [5.41, 5.74) is 0.197. The predicted molar refractivity (Wildman–Crippen MR) is 70.6 cm³/mol. The van der Waals surface area contributed by atoms with Gasteiger partial charge in [-0.15, -0.1) is 0 Å².